The van der Waals surface area contributed by atoms with E-state index >= 15 is 0 Å². The molecule has 0 N–H and O–H groups in total. The van der Waals surface area contributed by atoms with Crippen molar-refractivity contribution in [2.24, 2.45) is 5.92 Å². The van der Waals surface area contributed by atoms with Crippen LogP contribution in [0.5, 0.6) is 0 Å². The molecule has 1 aromatic rings. The van der Waals surface area contributed by atoms with Gasteiger partial charge in [0.15, 0.2) is 0 Å². The van der Waals surface area contributed by atoms with Gasteiger partial charge in [-0.25, -0.2) is 4.39 Å². The third-order valence-electron chi connectivity index (χ3n) is 4.69. The summed E-state index contributed by atoms with van der Waals surface area (Å²) in [6.45, 7) is 5.89. The number of piperidine rings is 1. The van der Waals surface area contributed by atoms with Crippen molar-refractivity contribution in [3.05, 3.63) is 41.3 Å². The molecule has 0 saturated carbocycles. The van der Waals surface area contributed by atoms with E-state index in [9.17, 15) is 14.0 Å². The quantitative estimate of drug-likeness (QED) is 0.805. The Kier molecular flexibility index (Phi) is 4.20. The molecule has 2 aliphatic heterocycles. The molecule has 2 aliphatic rings. The van der Waals surface area contributed by atoms with Gasteiger partial charge in [-0.3, -0.25) is 14.5 Å². The monoisotopic (exact) mass is 316 g/mol. The van der Waals surface area contributed by atoms with Crippen molar-refractivity contribution in [3.63, 3.8) is 0 Å². The molecule has 0 atom stereocenters. The lowest BCUT2D eigenvalue weighted by atomic mass is 9.97. The molecule has 2 amide bonds. The van der Waals surface area contributed by atoms with Gasteiger partial charge < -0.3 is 4.90 Å². The van der Waals surface area contributed by atoms with Crippen molar-refractivity contribution >= 4 is 17.4 Å². The topological polar surface area (TPSA) is 40.6 Å². The van der Waals surface area contributed by atoms with Crippen LogP contribution in [0, 0.1) is 11.7 Å². The highest BCUT2D eigenvalue weighted by Crippen LogP contribution is 2.33. The Morgan fingerprint density at radius 3 is 2.26 bits per heavy atom. The smallest absolute Gasteiger partial charge is 0.277 e. The van der Waals surface area contributed by atoms with E-state index in [-0.39, 0.29) is 17.6 Å². The number of hydrogen-bond donors (Lipinski definition) is 0. The molecule has 0 radical (unpaired) electrons. The van der Waals surface area contributed by atoms with Gasteiger partial charge in [-0.2, -0.15) is 0 Å². The molecule has 1 saturated heterocycles. The number of halogens is 1. The lowest BCUT2D eigenvalue weighted by molar-refractivity contribution is -0.137. The fraction of sp³-hybridized carbons (Fsp3) is 0.444. The highest BCUT2D eigenvalue weighted by Gasteiger charge is 2.41. The number of amides is 2. The Balaban J connectivity index is 2.05. The van der Waals surface area contributed by atoms with Crippen LogP contribution in [-0.4, -0.2) is 41.2 Å². The number of likely N-dealkylation sites (N-methyl/N-ethyl adjacent to an activating group) is 1. The molecule has 2 heterocycles. The second kappa shape index (κ2) is 6.14. The van der Waals surface area contributed by atoms with Crippen LogP contribution in [0.15, 0.2) is 30.0 Å². The first-order chi connectivity index (χ1) is 11.0. The van der Waals surface area contributed by atoms with E-state index in [1.807, 2.05) is 4.90 Å². The molecular formula is C18H21FN2O2. The minimum Gasteiger partial charge on any atom is -0.366 e. The fourth-order valence-corrected chi connectivity index (χ4v) is 3.25. The van der Waals surface area contributed by atoms with E-state index < -0.39 is 0 Å². The van der Waals surface area contributed by atoms with Gasteiger partial charge in [0.25, 0.3) is 11.8 Å². The largest absolute Gasteiger partial charge is 0.366 e. The Bertz CT molecular complexity index is 658. The Morgan fingerprint density at radius 1 is 1.09 bits per heavy atom. The zero-order valence-corrected chi connectivity index (χ0v) is 13.5. The molecule has 122 valence electrons. The summed E-state index contributed by atoms with van der Waals surface area (Å²) in [6, 6.07) is 5.79. The fourth-order valence-electron chi connectivity index (χ4n) is 3.25. The summed E-state index contributed by atoms with van der Waals surface area (Å²) in [5.74, 6) is -0.230. The van der Waals surface area contributed by atoms with Crippen molar-refractivity contribution in [2.45, 2.75) is 26.7 Å². The number of imide groups is 1. The van der Waals surface area contributed by atoms with Gasteiger partial charge >= 0.3 is 0 Å². The summed E-state index contributed by atoms with van der Waals surface area (Å²) >= 11 is 0. The van der Waals surface area contributed by atoms with E-state index in [4.69, 9.17) is 0 Å². The number of hydrogen-bond acceptors (Lipinski definition) is 3. The van der Waals surface area contributed by atoms with Crippen molar-refractivity contribution in [1.29, 1.82) is 0 Å². The van der Waals surface area contributed by atoms with Gasteiger partial charge in [0.2, 0.25) is 0 Å². The maximum absolute atomic E-state index is 13.2. The lowest BCUT2D eigenvalue weighted by Crippen LogP contribution is -2.38. The molecule has 1 fully saturated rings. The Morgan fingerprint density at radius 2 is 1.70 bits per heavy atom. The van der Waals surface area contributed by atoms with Crippen molar-refractivity contribution in [1.82, 2.24) is 9.80 Å². The summed E-state index contributed by atoms with van der Waals surface area (Å²) in [5.41, 5.74) is 1.50. The maximum Gasteiger partial charge on any atom is 0.277 e. The van der Waals surface area contributed by atoms with Crippen LogP contribution in [0.3, 0.4) is 0 Å². The number of nitrogens with zero attached hydrogens (tertiary/aromatic N) is 2. The number of likely N-dealkylation sites (tertiary alicyclic amines) is 1. The first-order valence-corrected chi connectivity index (χ1v) is 8.14. The standard InChI is InChI=1S/C18H21FN2O2/c1-3-21-17(22)15(13-4-6-14(19)7-5-13)16(18(21)23)20-10-8-12(2)9-11-20/h4-7,12H,3,8-11H2,1-2H3. The predicted octanol–water partition coefficient (Wildman–Crippen LogP) is 2.66. The molecule has 0 aliphatic carbocycles. The lowest BCUT2D eigenvalue weighted by Gasteiger charge is -2.32. The van der Waals surface area contributed by atoms with E-state index in [0.29, 0.717) is 29.3 Å². The SMILES string of the molecule is CCN1C(=O)C(c2ccc(F)cc2)=C(N2CCC(C)CC2)C1=O. The van der Waals surface area contributed by atoms with Crippen molar-refractivity contribution in [3.8, 4) is 0 Å². The summed E-state index contributed by atoms with van der Waals surface area (Å²) < 4.78 is 13.2. The van der Waals surface area contributed by atoms with Gasteiger partial charge in [0.05, 0.1) is 5.57 Å². The Labute approximate surface area is 135 Å². The summed E-state index contributed by atoms with van der Waals surface area (Å²) in [6.07, 6.45) is 2.02. The van der Waals surface area contributed by atoms with E-state index in [1.165, 1.54) is 17.0 Å². The number of carbonyl (C=O) groups is 2. The predicted molar refractivity (Wildman–Crippen MR) is 85.7 cm³/mol. The summed E-state index contributed by atoms with van der Waals surface area (Å²) in [5, 5.41) is 0. The van der Waals surface area contributed by atoms with Gasteiger partial charge in [-0.1, -0.05) is 19.1 Å². The second-order valence-corrected chi connectivity index (χ2v) is 6.25. The molecular weight excluding hydrogens is 295 g/mol. The normalized spacial score (nSPS) is 20.0. The van der Waals surface area contributed by atoms with Gasteiger partial charge in [0, 0.05) is 19.6 Å². The minimum absolute atomic E-state index is 0.230. The van der Waals surface area contributed by atoms with Crippen LogP contribution in [0.25, 0.3) is 5.57 Å². The highest BCUT2D eigenvalue weighted by atomic mass is 19.1. The zero-order chi connectivity index (χ0) is 16.6. The minimum atomic E-state index is -0.355. The number of rotatable bonds is 3. The van der Waals surface area contributed by atoms with Crippen LogP contribution in [0.4, 0.5) is 4.39 Å². The Hall–Kier alpha value is -2.17. The third kappa shape index (κ3) is 2.76. The van der Waals surface area contributed by atoms with E-state index in [2.05, 4.69) is 6.92 Å². The van der Waals surface area contributed by atoms with Gasteiger partial charge in [0.1, 0.15) is 11.5 Å². The average molecular weight is 316 g/mol. The number of benzene rings is 1. The van der Waals surface area contributed by atoms with E-state index in [0.717, 1.165) is 25.9 Å². The van der Waals surface area contributed by atoms with Gasteiger partial charge in [-0.05, 0) is 43.4 Å². The molecule has 4 nitrogen and oxygen atoms in total. The van der Waals surface area contributed by atoms with Gasteiger partial charge in [-0.15, -0.1) is 0 Å². The molecule has 0 bridgehead atoms. The second-order valence-electron chi connectivity index (χ2n) is 6.25. The van der Waals surface area contributed by atoms with Crippen LogP contribution in [-0.2, 0) is 9.59 Å². The van der Waals surface area contributed by atoms with Crippen LogP contribution >= 0.6 is 0 Å². The van der Waals surface area contributed by atoms with Crippen LogP contribution < -0.4 is 0 Å². The van der Waals surface area contributed by atoms with Crippen molar-refractivity contribution in [2.75, 3.05) is 19.6 Å². The molecule has 23 heavy (non-hydrogen) atoms. The first kappa shape index (κ1) is 15.7. The average Bonchev–Trinajstić information content (AvgIpc) is 2.79. The molecule has 0 aromatic heterocycles. The first-order valence-electron chi connectivity index (χ1n) is 8.14. The summed E-state index contributed by atoms with van der Waals surface area (Å²) in [7, 11) is 0. The molecule has 1 aromatic carbocycles. The van der Waals surface area contributed by atoms with Crippen LogP contribution in [0.1, 0.15) is 32.3 Å². The highest BCUT2D eigenvalue weighted by molar-refractivity contribution is 6.35. The molecule has 0 spiro atoms. The maximum atomic E-state index is 13.2. The molecule has 5 heteroatoms. The third-order valence-corrected chi connectivity index (χ3v) is 4.69. The molecule has 0 unspecified atom stereocenters. The van der Waals surface area contributed by atoms with E-state index in [1.54, 1.807) is 19.1 Å². The van der Waals surface area contributed by atoms with Crippen LogP contribution in [0.2, 0.25) is 0 Å². The van der Waals surface area contributed by atoms with Crippen molar-refractivity contribution < 1.29 is 14.0 Å². The molecule has 3 rings (SSSR count). The number of carbonyl (C=O) groups excluding carboxylic acids is 2. The zero-order valence-electron chi connectivity index (χ0n) is 13.5. The summed E-state index contributed by atoms with van der Waals surface area (Å²) in [4.78, 5) is 28.7.